The van der Waals surface area contributed by atoms with Crippen LogP contribution in [0.15, 0.2) is 12.4 Å². The minimum absolute atomic E-state index is 0.222. The number of rotatable bonds is 4. The zero-order chi connectivity index (χ0) is 9.90. The van der Waals surface area contributed by atoms with Gasteiger partial charge in [0.2, 0.25) is 0 Å². The summed E-state index contributed by atoms with van der Waals surface area (Å²) in [5.74, 6) is -3.30. The van der Waals surface area contributed by atoms with Crippen LogP contribution >= 0.6 is 0 Å². The van der Waals surface area contributed by atoms with Crippen molar-refractivity contribution in [2.75, 3.05) is 6.61 Å². The van der Waals surface area contributed by atoms with Crippen LogP contribution in [0.3, 0.4) is 0 Å². The molecule has 0 fully saturated rings. The molecule has 0 aromatic carbocycles. The Morgan fingerprint density at radius 3 is 2.46 bits per heavy atom. The third-order valence-electron chi connectivity index (χ3n) is 1.58. The first-order chi connectivity index (χ1) is 6.06. The van der Waals surface area contributed by atoms with E-state index in [1.165, 1.54) is 12.4 Å². The van der Waals surface area contributed by atoms with Crippen molar-refractivity contribution in [1.82, 2.24) is 15.0 Å². The number of hydrogen-bond acceptors (Lipinski definition) is 4. The van der Waals surface area contributed by atoms with Crippen LogP contribution in [0.4, 0.5) is 8.78 Å². The molecular formula is C6H10F2N4O. The lowest BCUT2D eigenvalue weighted by Crippen LogP contribution is -2.46. The monoisotopic (exact) mass is 192 g/mol. The van der Waals surface area contributed by atoms with Crippen LogP contribution in [0.2, 0.25) is 0 Å². The fraction of sp³-hybridized carbons (Fsp3) is 0.667. The summed E-state index contributed by atoms with van der Waals surface area (Å²) < 4.78 is 25.4. The number of alkyl halides is 2. The maximum absolute atomic E-state index is 12.7. The summed E-state index contributed by atoms with van der Waals surface area (Å²) in [7, 11) is 0. The van der Waals surface area contributed by atoms with Crippen molar-refractivity contribution in [2.45, 2.75) is 18.5 Å². The van der Waals surface area contributed by atoms with Gasteiger partial charge in [0, 0.05) is 0 Å². The van der Waals surface area contributed by atoms with E-state index < -0.39 is 18.6 Å². The Morgan fingerprint density at radius 2 is 2.00 bits per heavy atom. The highest BCUT2D eigenvalue weighted by molar-refractivity contribution is 4.79. The summed E-state index contributed by atoms with van der Waals surface area (Å²) in [5.41, 5.74) is 5.14. The summed E-state index contributed by atoms with van der Waals surface area (Å²) in [4.78, 5) is 1.05. The van der Waals surface area contributed by atoms with Gasteiger partial charge in [-0.1, -0.05) is 0 Å². The number of aromatic nitrogens is 3. The molecule has 1 atom stereocenters. The Morgan fingerprint density at radius 1 is 1.46 bits per heavy atom. The van der Waals surface area contributed by atoms with Crippen LogP contribution < -0.4 is 5.73 Å². The van der Waals surface area contributed by atoms with Crippen molar-refractivity contribution in [3.05, 3.63) is 12.4 Å². The van der Waals surface area contributed by atoms with Crippen LogP contribution in [-0.2, 0) is 6.54 Å². The van der Waals surface area contributed by atoms with Crippen molar-refractivity contribution in [3.63, 3.8) is 0 Å². The second kappa shape index (κ2) is 3.75. The minimum Gasteiger partial charge on any atom is -0.390 e. The molecule has 0 aliphatic rings. The summed E-state index contributed by atoms with van der Waals surface area (Å²) in [6.07, 6.45) is 2.73. The summed E-state index contributed by atoms with van der Waals surface area (Å²) in [6, 6.07) is -1.48. The molecule has 74 valence electrons. The Balaban J connectivity index is 2.55. The predicted molar refractivity (Wildman–Crippen MR) is 40.0 cm³/mol. The lowest BCUT2D eigenvalue weighted by Gasteiger charge is -2.20. The van der Waals surface area contributed by atoms with E-state index in [1.54, 1.807) is 0 Å². The normalized spacial score (nSPS) is 14.5. The first-order valence-electron chi connectivity index (χ1n) is 3.64. The quantitative estimate of drug-likeness (QED) is 0.657. The molecule has 0 radical (unpaired) electrons. The van der Waals surface area contributed by atoms with Gasteiger partial charge in [0.25, 0.3) is 5.92 Å². The first kappa shape index (κ1) is 10.0. The van der Waals surface area contributed by atoms with Crippen LogP contribution in [0.25, 0.3) is 0 Å². The van der Waals surface area contributed by atoms with Gasteiger partial charge < -0.3 is 10.8 Å². The number of aliphatic hydroxyl groups is 1. The molecule has 7 heteroatoms. The second-order valence-corrected chi connectivity index (χ2v) is 2.61. The molecule has 1 aromatic heterocycles. The average Bonchev–Trinajstić information content (AvgIpc) is 2.57. The van der Waals surface area contributed by atoms with Gasteiger partial charge in [0.15, 0.2) is 0 Å². The van der Waals surface area contributed by atoms with Gasteiger partial charge in [-0.05, 0) is 0 Å². The summed E-state index contributed by atoms with van der Waals surface area (Å²) >= 11 is 0. The molecule has 0 bridgehead atoms. The molecule has 0 unspecified atom stereocenters. The van der Waals surface area contributed by atoms with Crippen LogP contribution in [-0.4, -0.2) is 38.7 Å². The van der Waals surface area contributed by atoms with Gasteiger partial charge in [-0.2, -0.15) is 15.0 Å². The molecule has 1 rings (SSSR count). The molecule has 5 nitrogen and oxygen atoms in total. The second-order valence-electron chi connectivity index (χ2n) is 2.61. The molecule has 1 heterocycles. The number of nitrogens with zero attached hydrogens (tertiary/aromatic N) is 3. The third-order valence-corrected chi connectivity index (χ3v) is 1.58. The van der Waals surface area contributed by atoms with Gasteiger partial charge in [-0.15, -0.1) is 0 Å². The summed E-state index contributed by atoms with van der Waals surface area (Å²) in [5, 5.41) is 15.5. The molecule has 0 spiro atoms. The Bertz CT molecular complexity index is 251. The van der Waals surface area contributed by atoms with E-state index in [1.807, 2.05) is 0 Å². The van der Waals surface area contributed by atoms with E-state index in [0.29, 0.717) is 0 Å². The molecular weight excluding hydrogens is 182 g/mol. The van der Waals surface area contributed by atoms with Gasteiger partial charge in [0.05, 0.1) is 25.0 Å². The van der Waals surface area contributed by atoms with Crippen LogP contribution in [0, 0.1) is 0 Å². The fourth-order valence-corrected chi connectivity index (χ4v) is 0.764. The molecule has 3 N–H and O–H groups in total. The highest BCUT2D eigenvalue weighted by Gasteiger charge is 2.36. The van der Waals surface area contributed by atoms with E-state index in [2.05, 4.69) is 10.2 Å². The largest absolute Gasteiger partial charge is 0.390 e. The topological polar surface area (TPSA) is 77.0 Å². The number of nitrogens with two attached hydrogens (primary N) is 1. The molecule has 1 aromatic rings. The standard InChI is InChI=1S/C6H10F2N4O/c7-6(8,4-13)5(9)3-12-10-1-2-11-12/h1-2,5,13H,3-4,9H2/t5-/m1/s1. The highest BCUT2D eigenvalue weighted by Crippen LogP contribution is 2.16. The lowest BCUT2D eigenvalue weighted by molar-refractivity contribution is -0.0748. The van der Waals surface area contributed by atoms with E-state index in [4.69, 9.17) is 10.8 Å². The van der Waals surface area contributed by atoms with E-state index >= 15 is 0 Å². The van der Waals surface area contributed by atoms with Crippen LogP contribution in [0.5, 0.6) is 0 Å². The third kappa shape index (κ3) is 2.43. The Labute approximate surface area is 73.2 Å². The van der Waals surface area contributed by atoms with Crippen LogP contribution in [0.1, 0.15) is 0 Å². The van der Waals surface area contributed by atoms with Crippen molar-refractivity contribution >= 4 is 0 Å². The zero-order valence-electron chi connectivity index (χ0n) is 6.77. The molecule has 0 amide bonds. The smallest absolute Gasteiger partial charge is 0.287 e. The number of aliphatic hydroxyl groups excluding tert-OH is 1. The maximum atomic E-state index is 12.7. The van der Waals surface area contributed by atoms with Crippen molar-refractivity contribution in [1.29, 1.82) is 0 Å². The molecule has 0 aliphatic heterocycles. The molecule has 0 saturated heterocycles. The maximum Gasteiger partial charge on any atom is 0.287 e. The lowest BCUT2D eigenvalue weighted by atomic mass is 10.2. The Kier molecular flexibility index (Phi) is 2.89. The SMILES string of the molecule is N[C@H](Cn1nccn1)C(F)(F)CO. The first-order valence-corrected chi connectivity index (χ1v) is 3.64. The van der Waals surface area contributed by atoms with Gasteiger partial charge in [0.1, 0.15) is 6.61 Å². The fourth-order valence-electron chi connectivity index (χ4n) is 0.764. The molecule has 0 aliphatic carbocycles. The molecule has 13 heavy (non-hydrogen) atoms. The summed E-state index contributed by atoms with van der Waals surface area (Å²) in [6.45, 7) is -1.49. The van der Waals surface area contributed by atoms with E-state index in [-0.39, 0.29) is 6.54 Å². The zero-order valence-corrected chi connectivity index (χ0v) is 6.77. The van der Waals surface area contributed by atoms with Crippen molar-refractivity contribution in [2.24, 2.45) is 5.73 Å². The number of hydrogen-bond donors (Lipinski definition) is 2. The van der Waals surface area contributed by atoms with Crippen molar-refractivity contribution in [3.8, 4) is 0 Å². The molecule has 0 saturated carbocycles. The van der Waals surface area contributed by atoms with Gasteiger partial charge >= 0.3 is 0 Å². The van der Waals surface area contributed by atoms with E-state index in [0.717, 1.165) is 4.80 Å². The highest BCUT2D eigenvalue weighted by atomic mass is 19.3. The van der Waals surface area contributed by atoms with Gasteiger partial charge in [-0.25, -0.2) is 8.78 Å². The average molecular weight is 192 g/mol. The Hall–Kier alpha value is -1.08. The van der Waals surface area contributed by atoms with E-state index in [9.17, 15) is 8.78 Å². The predicted octanol–water partition coefficient (Wildman–Crippen LogP) is -0.767. The van der Waals surface area contributed by atoms with Crippen molar-refractivity contribution < 1.29 is 13.9 Å². The van der Waals surface area contributed by atoms with Gasteiger partial charge in [-0.3, -0.25) is 0 Å². The number of halogens is 2. The minimum atomic E-state index is -3.30.